The maximum Gasteiger partial charge on any atom is 0.148 e. The van der Waals surface area contributed by atoms with Crippen molar-refractivity contribution >= 4 is 66.4 Å². The summed E-state index contributed by atoms with van der Waals surface area (Å²) in [5.41, 5.74) is 7.85. The second-order valence-corrected chi connectivity index (χ2v) is 18.0. The molecule has 0 aliphatic carbocycles. The van der Waals surface area contributed by atoms with E-state index in [0.717, 1.165) is 43.8 Å². The third kappa shape index (κ3) is 7.98. The summed E-state index contributed by atoms with van der Waals surface area (Å²) in [4.78, 5) is 3.32. The molecule has 0 spiro atoms. The zero-order valence-electron chi connectivity index (χ0n) is 39.2. The van der Waals surface area contributed by atoms with Crippen LogP contribution in [0.3, 0.4) is 0 Å². The van der Waals surface area contributed by atoms with Crippen molar-refractivity contribution in [3.63, 3.8) is 0 Å². The second kappa shape index (κ2) is 18.6. The van der Waals surface area contributed by atoms with Crippen LogP contribution in [0.4, 0.5) is 51.7 Å². The minimum Gasteiger partial charge on any atom is -0.307 e. The fraction of sp³-hybridized carbons (Fsp3) is 0. The molecule has 0 N–H and O–H groups in total. The third-order valence-electron chi connectivity index (χ3n) is 13.8. The molecule has 12 rings (SSSR count). The van der Waals surface area contributed by atoms with Gasteiger partial charge in [0.1, 0.15) is 23.3 Å². The van der Waals surface area contributed by atoms with Gasteiger partial charge in [0.05, 0.1) is 46.0 Å². The molecule has 0 unspecified atom stereocenters. The number of anilines is 6. The number of hydrogen-bond donors (Lipinski definition) is 0. The summed E-state index contributed by atoms with van der Waals surface area (Å²) in [6.45, 7) is 0. The average molecular weight is 963 g/mol. The molecule has 350 valence electrons. The van der Waals surface area contributed by atoms with Gasteiger partial charge in [-0.2, -0.15) is 10.5 Å². The number of rotatable bonds is 10. The van der Waals surface area contributed by atoms with Gasteiger partial charge in [-0.15, -0.1) is 0 Å². The van der Waals surface area contributed by atoms with Crippen LogP contribution in [0, 0.1) is 45.9 Å². The SMILES string of the molecule is N#Cc1ccc(N(c2cc(F)c(-c3ccc(-c4ccccc4)cc3)cc2F)c2ccc3ccc4c(N(c5ccc(C#N)cc5)c5cc(F)c(-c6ccc(-c7ccccc7)cc6)cc5F)ccc5ccc2c3c54)cc1. The predicted octanol–water partition coefficient (Wildman–Crippen LogP) is 18.5. The Morgan fingerprint density at radius 3 is 1.00 bits per heavy atom. The van der Waals surface area contributed by atoms with Crippen molar-refractivity contribution in [2.45, 2.75) is 0 Å². The van der Waals surface area contributed by atoms with Crippen LogP contribution in [0.2, 0.25) is 0 Å². The van der Waals surface area contributed by atoms with Crippen LogP contribution in [0.5, 0.6) is 0 Å². The number of nitrogens with zero attached hydrogens (tertiary/aromatic N) is 4. The summed E-state index contributed by atoms with van der Waals surface area (Å²) in [6.07, 6.45) is 0. The fourth-order valence-electron chi connectivity index (χ4n) is 10.1. The van der Waals surface area contributed by atoms with Crippen LogP contribution < -0.4 is 9.80 Å². The molecule has 0 atom stereocenters. The standard InChI is InChI=1S/C66H38F4N4/c67-57-37-63(59(69)35-55(57)47-19-15-45(16-20-47)43-7-3-1-4-8-43)73(51-27-11-41(39-71)12-28-51)61-33-25-49-24-32-54-62(34-26-50-23-31-53(61)65(49)66(50)54)74(52-29-13-42(40-72)14-30-52)64-38-58(68)56(36-60(64)70)48-21-17-46(18-22-48)44-9-5-2-6-10-44/h1-38H. The van der Waals surface area contributed by atoms with E-state index in [0.29, 0.717) is 55.8 Å². The van der Waals surface area contributed by atoms with E-state index in [1.54, 1.807) is 82.6 Å². The minimum absolute atomic E-state index is 0.0485. The van der Waals surface area contributed by atoms with Gasteiger partial charge in [-0.3, -0.25) is 0 Å². The molecule has 0 heterocycles. The van der Waals surface area contributed by atoms with Crippen molar-refractivity contribution in [3.8, 4) is 56.6 Å². The average Bonchev–Trinajstić information content (AvgIpc) is 3.45. The summed E-state index contributed by atoms with van der Waals surface area (Å²) >= 11 is 0. The maximum atomic E-state index is 17.1. The summed E-state index contributed by atoms with van der Waals surface area (Å²) in [5.74, 6) is -2.60. The van der Waals surface area contributed by atoms with Crippen LogP contribution in [-0.2, 0) is 0 Å². The van der Waals surface area contributed by atoms with Crippen LogP contribution in [0.1, 0.15) is 11.1 Å². The normalized spacial score (nSPS) is 11.2. The van der Waals surface area contributed by atoms with Gasteiger partial charge < -0.3 is 9.80 Å². The van der Waals surface area contributed by atoms with Gasteiger partial charge in [0, 0.05) is 45.4 Å². The van der Waals surface area contributed by atoms with E-state index in [4.69, 9.17) is 0 Å². The van der Waals surface area contributed by atoms with Crippen LogP contribution in [0.25, 0.3) is 76.8 Å². The molecule has 4 nitrogen and oxygen atoms in total. The van der Waals surface area contributed by atoms with Gasteiger partial charge in [-0.05, 0) is 128 Å². The van der Waals surface area contributed by atoms with E-state index in [1.807, 2.05) is 133 Å². The monoisotopic (exact) mass is 962 g/mol. The van der Waals surface area contributed by atoms with Crippen LogP contribution in [0.15, 0.2) is 231 Å². The number of halogens is 4. The Labute approximate surface area is 424 Å². The first kappa shape index (κ1) is 45.1. The minimum atomic E-state index is -0.673. The molecule has 0 aliphatic rings. The first-order chi connectivity index (χ1) is 36.2. The summed E-state index contributed by atoms with van der Waals surface area (Å²) in [5, 5.41) is 24.2. The quantitative estimate of drug-likeness (QED) is 0.101. The highest BCUT2D eigenvalue weighted by molar-refractivity contribution is 6.28. The van der Waals surface area contributed by atoms with Crippen LogP contribution >= 0.6 is 0 Å². The molecular formula is C66H38F4N4. The molecule has 0 radical (unpaired) electrons. The van der Waals surface area contributed by atoms with E-state index in [9.17, 15) is 10.5 Å². The zero-order valence-corrected chi connectivity index (χ0v) is 39.2. The largest absolute Gasteiger partial charge is 0.307 e. The molecule has 0 amide bonds. The molecule has 0 aliphatic heterocycles. The lowest BCUT2D eigenvalue weighted by molar-refractivity contribution is 0.604. The van der Waals surface area contributed by atoms with Gasteiger partial charge in [-0.1, -0.05) is 146 Å². The first-order valence-corrected chi connectivity index (χ1v) is 23.9. The van der Waals surface area contributed by atoms with E-state index in [2.05, 4.69) is 12.1 Å². The Morgan fingerprint density at radius 2 is 0.635 bits per heavy atom. The number of benzene rings is 12. The van der Waals surface area contributed by atoms with Crippen molar-refractivity contribution in [2.75, 3.05) is 9.80 Å². The zero-order chi connectivity index (χ0) is 50.5. The molecule has 74 heavy (non-hydrogen) atoms. The Balaban J connectivity index is 1.00. The Bertz CT molecular complexity index is 3890. The number of hydrogen-bond acceptors (Lipinski definition) is 4. The predicted molar refractivity (Wildman–Crippen MR) is 291 cm³/mol. The highest BCUT2D eigenvalue weighted by Gasteiger charge is 2.26. The summed E-state index contributed by atoms with van der Waals surface area (Å²) in [6, 6.07) is 72.2. The Morgan fingerprint density at radius 1 is 0.297 bits per heavy atom. The topological polar surface area (TPSA) is 54.1 Å². The lowest BCUT2D eigenvalue weighted by Crippen LogP contribution is -2.14. The van der Waals surface area contributed by atoms with Gasteiger partial charge in [0.15, 0.2) is 0 Å². The molecule has 12 aromatic rings. The first-order valence-electron chi connectivity index (χ1n) is 23.9. The highest BCUT2D eigenvalue weighted by atomic mass is 19.1. The van der Waals surface area contributed by atoms with Crippen molar-refractivity contribution in [3.05, 3.63) is 265 Å². The van der Waals surface area contributed by atoms with Crippen molar-refractivity contribution < 1.29 is 17.6 Å². The fourth-order valence-corrected chi connectivity index (χ4v) is 10.1. The van der Waals surface area contributed by atoms with E-state index in [1.165, 1.54) is 24.3 Å². The van der Waals surface area contributed by atoms with Crippen molar-refractivity contribution in [2.24, 2.45) is 0 Å². The molecule has 8 heteroatoms. The Hall–Kier alpha value is -10.0. The lowest BCUT2D eigenvalue weighted by Gasteiger charge is -2.30. The third-order valence-corrected chi connectivity index (χ3v) is 13.8. The van der Waals surface area contributed by atoms with Crippen molar-refractivity contribution in [1.29, 1.82) is 10.5 Å². The van der Waals surface area contributed by atoms with E-state index < -0.39 is 23.3 Å². The van der Waals surface area contributed by atoms with Gasteiger partial charge in [-0.25, -0.2) is 17.6 Å². The van der Waals surface area contributed by atoms with Gasteiger partial charge in [0.2, 0.25) is 0 Å². The summed E-state index contributed by atoms with van der Waals surface area (Å²) in [7, 11) is 0. The highest BCUT2D eigenvalue weighted by Crippen LogP contribution is 2.49. The van der Waals surface area contributed by atoms with E-state index >= 15 is 17.6 Å². The molecular weight excluding hydrogens is 925 g/mol. The molecule has 0 aromatic heterocycles. The van der Waals surface area contributed by atoms with Crippen molar-refractivity contribution in [1.82, 2.24) is 0 Å². The molecule has 12 aromatic carbocycles. The smallest absolute Gasteiger partial charge is 0.148 e. The van der Waals surface area contributed by atoms with Gasteiger partial charge >= 0.3 is 0 Å². The Kier molecular flexibility index (Phi) is 11.4. The molecule has 0 fully saturated rings. The second-order valence-electron chi connectivity index (χ2n) is 18.0. The summed E-state index contributed by atoms with van der Waals surface area (Å²) < 4.78 is 67.4. The van der Waals surface area contributed by atoms with Crippen LogP contribution in [-0.4, -0.2) is 0 Å². The molecule has 0 saturated heterocycles. The lowest BCUT2D eigenvalue weighted by atomic mass is 9.91. The van der Waals surface area contributed by atoms with E-state index in [-0.39, 0.29) is 22.5 Å². The number of nitriles is 2. The molecule has 0 bridgehead atoms. The van der Waals surface area contributed by atoms with Gasteiger partial charge in [0.25, 0.3) is 0 Å². The molecule has 0 saturated carbocycles. The maximum absolute atomic E-state index is 17.1.